The fourth-order valence-electron chi connectivity index (χ4n) is 2.05. The molecule has 0 unspecified atom stereocenters. The van der Waals surface area contributed by atoms with Crippen LogP contribution < -0.4 is 5.56 Å². The van der Waals surface area contributed by atoms with Gasteiger partial charge in [0.15, 0.2) is 5.16 Å². The minimum Gasteiger partial charge on any atom is -0.348 e. The van der Waals surface area contributed by atoms with E-state index >= 15 is 0 Å². The topological polar surface area (TPSA) is 55.2 Å². The molecule has 0 saturated carbocycles. The van der Waals surface area contributed by atoms with Crippen molar-refractivity contribution in [3.05, 3.63) is 34.6 Å². The number of carbonyl (C=O) groups is 1. The van der Waals surface area contributed by atoms with E-state index in [1.165, 1.54) is 11.8 Å². The molecule has 0 saturated heterocycles. The molecule has 0 aliphatic carbocycles. The first-order chi connectivity index (χ1) is 10.5. The normalized spacial score (nSPS) is 12.4. The minimum atomic E-state index is -0.0419. The first-order valence-electron chi connectivity index (χ1n) is 7.30. The molecule has 2 rings (SSSR count). The Kier molecular flexibility index (Phi) is 5.24. The van der Waals surface area contributed by atoms with Gasteiger partial charge in [0.2, 0.25) is 5.91 Å². The summed E-state index contributed by atoms with van der Waals surface area (Å²) in [5.74, 6) is 0.275. The van der Waals surface area contributed by atoms with E-state index in [0.717, 1.165) is 6.42 Å². The van der Waals surface area contributed by atoms with Gasteiger partial charge < -0.3 is 4.90 Å². The quantitative estimate of drug-likeness (QED) is 0.628. The van der Waals surface area contributed by atoms with Crippen molar-refractivity contribution in [2.75, 3.05) is 19.8 Å². The molecule has 0 aliphatic heterocycles. The van der Waals surface area contributed by atoms with Crippen molar-refractivity contribution >= 4 is 28.6 Å². The summed E-state index contributed by atoms with van der Waals surface area (Å²) in [6, 6.07) is 7.37. The number of benzene rings is 1. The number of para-hydroxylation sites is 1. The molecule has 0 spiro atoms. The molecule has 2 aromatic rings. The molecule has 0 bridgehead atoms. The van der Waals surface area contributed by atoms with E-state index < -0.39 is 0 Å². The summed E-state index contributed by atoms with van der Waals surface area (Å²) < 4.78 is 1.70. The predicted octanol–water partition coefficient (Wildman–Crippen LogP) is 2.55. The summed E-state index contributed by atoms with van der Waals surface area (Å²) in [6.07, 6.45) is 0.828. The van der Waals surface area contributed by atoms with E-state index in [9.17, 15) is 9.59 Å². The van der Waals surface area contributed by atoms with Crippen molar-refractivity contribution in [1.29, 1.82) is 0 Å². The van der Waals surface area contributed by atoms with Crippen LogP contribution in [0.3, 0.4) is 0 Å². The fraction of sp³-hybridized carbons (Fsp3) is 0.438. The van der Waals surface area contributed by atoms with Gasteiger partial charge in [-0.25, -0.2) is 4.98 Å². The average Bonchev–Trinajstić information content (AvgIpc) is 2.51. The van der Waals surface area contributed by atoms with Gasteiger partial charge in [-0.2, -0.15) is 0 Å². The monoisotopic (exact) mass is 319 g/mol. The van der Waals surface area contributed by atoms with Crippen LogP contribution in [0.25, 0.3) is 10.9 Å². The zero-order valence-corrected chi connectivity index (χ0v) is 14.2. The van der Waals surface area contributed by atoms with Crippen LogP contribution in [0.15, 0.2) is 34.2 Å². The van der Waals surface area contributed by atoms with Crippen molar-refractivity contribution < 1.29 is 4.79 Å². The van der Waals surface area contributed by atoms with Crippen molar-refractivity contribution in [3.63, 3.8) is 0 Å². The molecule has 0 radical (unpaired) electrons. The van der Waals surface area contributed by atoms with E-state index in [1.54, 1.807) is 29.6 Å². The fourth-order valence-corrected chi connectivity index (χ4v) is 3.13. The van der Waals surface area contributed by atoms with Gasteiger partial charge in [0.25, 0.3) is 5.56 Å². The Bertz CT molecular complexity index is 740. The summed E-state index contributed by atoms with van der Waals surface area (Å²) in [5, 5.41) is 1.22. The van der Waals surface area contributed by atoms with Gasteiger partial charge in [0.05, 0.1) is 16.7 Å². The lowest BCUT2D eigenvalue weighted by Gasteiger charge is -2.18. The largest absolute Gasteiger partial charge is 0.348 e. The number of hydrogen-bond donors (Lipinski definition) is 0. The number of fused-ring (bicyclic) bond motifs is 1. The maximum absolute atomic E-state index is 12.7. The van der Waals surface area contributed by atoms with Crippen LogP contribution in [0.4, 0.5) is 0 Å². The predicted molar refractivity (Wildman–Crippen MR) is 90.4 cm³/mol. The highest BCUT2D eigenvalue weighted by Gasteiger charge is 2.16. The maximum Gasteiger partial charge on any atom is 0.262 e. The molecule has 0 N–H and O–H groups in total. The number of hydrogen-bond acceptors (Lipinski definition) is 4. The Morgan fingerprint density at radius 1 is 1.36 bits per heavy atom. The molecule has 1 aromatic heterocycles. The number of rotatable bonds is 5. The smallest absolute Gasteiger partial charge is 0.262 e. The van der Waals surface area contributed by atoms with Gasteiger partial charge in [0.1, 0.15) is 0 Å². The van der Waals surface area contributed by atoms with Crippen LogP contribution in [-0.4, -0.2) is 40.2 Å². The summed E-state index contributed by atoms with van der Waals surface area (Å²) in [5.41, 5.74) is 0.631. The van der Waals surface area contributed by atoms with Gasteiger partial charge in [-0.05, 0) is 25.5 Å². The van der Waals surface area contributed by atoms with E-state index in [-0.39, 0.29) is 23.3 Å². The Labute approximate surface area is 134 Å². The summed E-state index contributed by atoms with van der Waals surface area (Å²) in [4.78, 5) is 30.7. The third-order valence-electron chi connectivity index (χ3n) is 3.63. The maximum atomic E-state index is 12.7. The number of carbonyl (C=O) groups excluding carboxylic acids is 1. The molecule has 1 atom stereocenters. The summed E-state index contributed by atoms with van der Waals surface area (Å²) >= 11 is 1.32. The number of amides is 1. The number of aromatic nitrogens is 2. The standard InChI is InChI=1S/C16H21N3O2S/c1-5-11(2)19-15(21)12-8-6-7-9-13(12)17-16(19)22-10-14(20)18(3)4/h6-9,11H,5,10H2,1-4H3/t11-/m1/s1. The minimum absolute atomic E-state index is 0.00288. The first-order valence-corrected chi connectivity index (χ1v) is 8.28. The van der Waals surface area contributed by atoms with Crippen LogP contribution in [-0.2, 0) is 4.79 Å². The lowest BCUT2D eigenvalue weighted by atomic mass is 10.2. The van der Waals surface area contributed by atoms with Crippen molar-refractivity contribution in [2.24, 2.45) is 0 Å². The second-order valence-corrected chi connectivity index (χ2v) is 6.36. The Morgan fingerprint density at radius 2 is 2.05 bits per heavy atom. The Balaban J connectivity index is 2.50. The molecule has 1 amide bonds. The summed E-state index contributed by atoms with van der Waals surface area (Å²) in [7, 11) is 3.44. The van der Waals surface area contributed by atoms with Crippen LogP contribution in [0.5, 0.6) is 0 Å². The van der Waals surface area contributed by atoms with E-state index in [4.69, 9.17) is 0 Å². The van der Waals surface area contributed by atoms with Crippen LogP contribution in [0.1, 0.15) is 26.3 Å². The zero-order chi connectivity index (χ0) is 16.3. The second-order valence-electron chi connectivity index (χ2n) is 5.42. The highest BCUT2D eigenvalue weighted by Crippen LogP contribution is 2.22. The third kappa shape index (κ3) is 3.32. The molecule has 1 aromatic carbocycles. The lowest BCUT2D eigenvalue weighted by Crippen LogP contribution is -2.27. The molecule has 0 aliphatic rings. The molecule has 0 fully saturated rings. The molecular formula is C16H21N3O2S. The van der Waals surface area contributed by atoms with Gasteiger partial charge in [0, 0.05) is 20.1 Å². The van der Waals surface area contributed by atoms with Crippen LogP contribution in [0, 0.1) is 0 Å². The SMILES string of the molecule is CC[C@@H](C)n1c(SCC(=O)N(C)C)nc2ccccc2c1=O. The molecular weight excluding hydrogens is 298 g/mol. The molecule has 1 heterocycles. The van der Waals surface area contributed by atoms with Gasteiger partial charge in [-0.3, -0.25) is 14.2 Å². The Morgan fingerprint density at radius 3 is 2.68 bits per heavy atom. The van der Waals surface area contributed by atoms with Gasteiger partial charge in [-0.15, -0.1) is 0 Å². The summed E-state index contributed by atoms with van der Waals surface area (Å²) in [6.45, 7) is 4.03. The van der Waals surface area contributed by atoms with Crippen LogP contribution >= 0.6 is 11.8 Å². The van der Waals surface area contributed by atoms with E-state index in [2.05, 4.69) is 4.98 Å². The number of thioether (sulfide) groups is 1. The van der Waals surface area contributed by atoms with Gasteiger partial charge in [-0.1, -0.05) is 30.8 Å². The Hall–Kier alpha value is -1.82. The highest BCUT2D eigenvalue weighted by molar-refractivity contribution is 7.99. The second kappa shape index (κ2) is 6.96. The molecule has 22 heavy (non-hydrogen) atoms. The van der Waals surface area contributed by atoms with Crippen molar-refractivity contribution in [2.45, 2.75) is 31.5 Å². The van der Waals surface area contributed by atoms with E-state index in [1.807, 2.05) is 32.0 Å². The third-order valence-corrected chi connectivity index (χ3v) is 4.57. The molecule has 118 valence electrons. The first kappa shape index (κ1) is 16.5. The van der Waals surface area contributed by atoms with Gasteiger partial charge >= 0.3 is 0 Å². The zero-order valence-electron chi connectivity index (χ0n) is 13.4. The molecule has 5 nitrogen and oxygen atoms in total. The van der Waals surface area contributed by atoms with Crippen LogP contribution in [0.2, 0.25) is 0 Å². The average molecular weight is 319 g/mol. The number of nitrogens with zero attached hydrogens (tertiary/aromatic N) is 3. The highest BCUT2D eigenvalue weighted by atomic mass is 32.2. The van der Waals surface area contributed by atoms with Crippen molar-refractivity contribution in [3.8, 4) is 0 Å². The van der Waals surface area contributed by atoms with Crippen molar-refractivity contribution in [1.82, 2.24) is 14.5 Å². The lowest BCUT2D eigenvalue weighted by molar-refractivity contribution is -0.125. The van der Waals surface area contributed by atoms with E-state index in [0.29, 0.717) is 16.1 Å². The molecule has 6 heteroatoms.